The lowest BCUT2D eigenvalue weighted by molar-refractivity contribution is -0.124. The summed E-state index contributed by atoms with van der Waals surface area (Å²) in [4.78, 5) is 11.6. The molecule has 94 valence electrons. The molecule has 0 unspecified atom stereocenters. The molecule has 0 heterocycles. The van der Waals surface area contributed by atoms with Gasteiger partial charge in [-0.15, -0.1) is 0 Å². The van der Waals surface area contributed by atoms with Gasteiger partial charge in [0.1, 0.15) is 5.75 Å². The second-order valence-electron chi connectivity index (χ2n) is 5.31. The van der Waals surface area contributed by atoms with Gasteiger partial charge in [-0.3, -0.25) is 4.79 Å². The molecule has 1 aromatic rings. The van der Waals surface area contributed by atoms with Crippen LogP contribution in [0.25, 0.3) is 0 Å². The number of amides is 1. The minimum absolute atomic E-state index is 0.0585. The van der Waals surface area contributed by atoms with E-state index in [0.717, 1.165) is 16.9 Å². The molecule has 3 nitrogen and oxygen atoms in total. The molecule has 0 bridgehead atoms. The molecule has 0 aliphatic carbocycles. The van der Waals surface area contributed by atoms with E-state index in [0.29, 0.717) is 0 Å². The number of carbonyl (C=O) groups is 1. The second-order valence-corrected chi connectivity index (χ2v) is 5.31. The topological polar surface area (TPSA) is 38.3 Å². The third-order valence-electron chi connectivity index (χ3n) is 2.27. The molecule has 1 rings (SSSR count). The van der Waals surface area contributed by atoms with Crippen LogP contribution in [0, 0.1) is 13.8 Å². The van der Waals surface area contributed by atoms with E-state index in [1.807, 2.05) is 52.8 Å². The van der Waals surface area contributed by atoms with Crippen molar-refractivity contribution in [3.8, 4) is 5.75 Å². The Balaban J connectivity index is 2.59. The Kier molecular flexibility index (Phi) is 4.16. The summed E-state index contributed by atoms with van der Waals surface area (Å²) in [5.74, 6) is 0.705. The summed E-state index contributed by atoms with van der Waals surface area (Å²) >= 11 is 0. The predicted octanol–water partition coefficient (Wildman–Crippen LogP) is 2.60. The number of para-hydroxylation sites is 1. The minimum atomic E-state index is -0.221. The Labute approximate surface area is 103 Å². The van der Waals surface area contributed by atoms with E-state index in [9.17, 15) is 4.79 Å². The molecule has 0 saturated carbocycles. The molecule has 0 atom stereocenters. The summed E-state index contributed by atoms with van der Waals surface area (Å²) in [6.45, 7) is 9.86. The lowest BCUT2D eigenvalue weighted by Crippen LogP contribution is -2.43. The third-order valence-corrected chi connectivity index (χ3v) is 2.27. The van der Waals surface area contributed by atoms with Crippen LogP contribution in [0.1, 0.15) is 31.9 Å². The molecule has 0 radical (unpaired) electrons. The monoisotopic (exact) mass is 235 g/mol. The molecule has 0 spiro atoms. The number of carbonyl (C=O) groups excluding carboxylic acids is 1. The summed E-state index contributed by atoms with van der Waals surface area (Å²) in [5, 5.41) is 2.86. The predicted molar refractivity (Wildman–Crippen MR) is 69.3 cm³/mol. The highest BCUT2D eigenvalue weighted by molar-refractivity contribution is 5.78. The van der Waals surface area contributed by atoms with Crippen molar-refractivity contribution < 1.29 is 9.53 Å². The maximum absolute atomic E-state index is 11.6. The zero-order valence-corrected chi connectivity index (χ0v) is 11.3. The zero-order valence-electron chi connectivity index (χ0n) is 11.3. The van der Waals surface area contributed by atoms with Gasteiger partial charge in [0.25, 0.3) is 5.91 Å². The Morgan fingerprint density at radius 1 is 1.24 bits per heavy atom. The lowest BCUT2D eigenvalue weighted by atomic mass is 10.1. The van der Waals surface area contributed by atoms with Gasteiger partial charge in [0.2, 0.25) is 0 Å². The van der Waals surface area contributed by atoms with Crippen molar-refractivity contribution in [3.05, 3.63) is 29.3 Å². The van der Waals surface area contributed by atoms with Crippen LogP contribution in [0.15, 0.2) is 18.2 Å². The van der Waals surface area contributed by atoms with Gasteiger partial charge in [-0.2, -0.15) is 0 Å². The first kappa shape index (κ1) is 13.6. The van der Waals surface area contributed by atoms with Gasteiger partial charge in [-0.05, 0) is 45.7 Å². The fourth-order valence-electron chi connectivity index (χ4n) is 1.62. The molecule has 0 aliphatic heterocycles. The standard InChI is InChI=1S/C14H21NO2/c1-10-7-6-8-11(2)13(10)17-9-12(16)15-14(3,4)5/h6-8H,9H2,1-5H3,(H,15,16). The Bertz CT molecular complexity index is 385. The van der Waals surface area contributed by atoms with Gasteiger partial charge >= 0.3 is 0 Å². The van der Waals surface area contributed by atoms with Crippen LogP contribution in [-0.4, -0.2) is 18.1 Å². The SMILES string of the molecule is Cc1cccc(C)c1OCC(=O)NC(C)(C)C. The van der Waals surface area contributed by atoms with Crippen LogP contribution in [0.4, 0.5) is 0 Å². The summed E-state index contributed by atoms with van der Waals surface area (Å²) in [6, 6.07) is 5.93. The molecule has 1 amide bonds. The summed E-state index contributed by atoms with van der Waals surface area (Å²) in [7, 11) is 0. The van der Waals surface area contributed by atoms with Crippen molar-refractivity contribution in [1.82, 2.24) is 5.32 Å². The molecule has 1 aromatic carbocycles. The number of ether oxygens (including phenoxy) is 1. The van der Waals surface area contributed by atoms with Crippen LogP contribution in [0.2, 0.25) is 0 Å². The highest BCUT2D eigenvalue weighted by atomic mass is 16.5. The number of hydrogen-bond donors (Lipinski definition) is 1. The van der Waals surface area contributed by atoms with Crippen molar-refractivity contribution in [2.75, 3.05) is 6.61 Å². The van der Waals surface area contributed by atoms with Crippen LogP contribution < -0.4 is 10.1 Å². The van der Waals surface area contributed by atoms with Crippen molar-refractivity contribution >= 4 is 5.91 Å². The van der Waals surface area contributed by atoms with Gasteiger partial charge in [0.05, 0.1) is 0 Å². The molecule has 0 aromatic heterocycles. The summed E-state index contributed by atoms with van der Waals surface area (Å²) < 4.78 is 5.56. The van der Waals surface area contributed by atoms with Crippen molar-refractivity contribution in [1.29, 1.82) is 0 Å². The van der Waals surface area contributed by atoms with Crippen LogP contribution >= 0.6 is 0 Å². The normalized spacial score (nSPS) is 11.1. The molecule has 1 N–H and O–H groups in total. The van der Waals surface area contributed by atoms with Crippen molar-refractivity contribution in [2.24, 2.45) is 0 Å². The van der Waals surface area contributed by atoms with E-state index < -0.39 is 0 Å². The van der Waals surface area contributed by atoms with Crippen LogP contribution in [0.3, 0.4) is 0 Å². The van der Waals surface area contributed by atoms with E-state index >= 15 is 0 Å². The van der Waals surface area contributed by atoms with E-state index in [1.165, 1.54) is 0 Å². The fraction of sp³-hybridized carbons (Fsp3) is 0.500. The van der Waals surface area contributed by atoms with Crippen LogP contribution in [-0.2, 0) is 4.79 Å². The average molecular weight is 235 g/mol. The lowest BCUT2D eigenvalue weighted by Gasteiger charge is -2.21. The molecule has 0 saturated heterocycles. The maximum Gasteiger partial charge on any atom is 0.258 e. The number of rotatable bonds is 3. The minimum Gasteiger partial charge on any atom is -0.483 e. The van der Waals surface area contributed by atoms with Crippen LogP contribution in [0.5, 0.6) is 5.75 Å². The summed E-state index contributed by atoms with van der Waals surface area (Å²) in [6.07, 6.45) is 0. The quantitative estimate of drug-likeness (QED) is 0.874. The maximum atomic E-state index is 11.6. The smallest absolute Gasteiger partial charge is 0.258 e. The number of hydrogen-bond acceptors (Lipinski definition) is 2. The molecular formula is C14H21NO2. The van der Waals surface area contributed by atoms with Crippen molar-refractivity contribution in [2.45, 2.75) is 40.2 Å². The fourth-order valence-corrected chi connectivity index (χ4v) is 1.62. The largest absolute Gasteiger partial charge is 0.483 e. The summed E-state index contributed by atoms with van der Waals surface area (Å²) in [5.41, 5.74) is 1.88. The molecule has 3 heteroatoms. The first-order valence-electron chi connectivity index (χ1n) is 5.79. The zero-order chi connectivity index (χ0) is 13.1. The number of aryl methyl sites for hydroxylation is 2. The van der Waals surface area contributed by atoms with E-state index in [2.05, 4.69) is 5.32 Å². The number of benzene rings is 1. The van der Waals surface area contributed by atoms with E-state index in [1.54, 1.807) is 0 Å². The first-order chi connectivity index (χ1) is 7.79. The van der Waals surface area contributed by atoms with Gasteiger partial charge in [0, 0.05) is 5.54 Å². The highest BCUT2D eigenvalue weighted by Crippen LogP contribution is 2.22. The molecule has 17 heavy (non-hydrogen) atoms. The third kappa shape index (κ3) is 4.47. The van der Waals surface area contributed by atoms with Gasteiger partial charge in [0.15, 0.2) is 6.61 Å². The van der Waals surface area contributed by atoms with Gasteiger partial charge < -0.3 is 10.1 Å². The highest BCUT2D eigenvalue weighted by Gasteiger charge is 2.14. The van der Waals surface area contributed by atoms with Gasteiger partial charge in [-0.1, -0.05) is 18.2 Å². The molecule has 0 aliphatic rings. The average Bonchev–Trinajstić information content (AvgIpc) is 2.14. The Hall–Kier alpha value is -1.51. The van der Waals surface area contributed by atoms with E-state index in [-0.39, 0.29) is 18.1 Å². The van der Waals surface area contributed by atoms with Gasteiger partial charge in [-0.25, -0.2) is 0 Å². The number of nitrogens with one attached hydrogen (secondary N) is 1. The molecule has 0 fully saturated rings. The molecular weight excluding hydrogens is 214 g/mol. The second kappa shape index (κ2) is 5.21. The first-order valence-corrected chi connectivity index (χ1v) is 5.79. The van der Waals surface area contributed by atoms with Crippen molar-refractivity contribution in [3.63, 3.8) is 0 Å². The Morgan fingerprint density at radius 2 is 1.76 bits per heavy atom. The Morgan fingerprint density at radius 3 is 2.24 bits per heavy atom. The van der Waals surface area contributed by atoms with E-state index in [4.69, 9.17) is 4.74 Å².